The average molecular weight is 190 g/mol. The van der Waals surface area contributed by atoms with Crippen molar-refractivity contribution in [2.75, 3.05) is 12.0 Å². The number of hydrogen-bond acceptors (Lipinski definition) is 2. The molecule has 0 heterocycles. The molecule has 0 aliphatic heterocycles. The second-order valence-corrected chi connectivity index (χ2v) is 4.23. The molecule has 0 saturated heterocycles. The Kier molecular flexibility index (Phi) is 5.62. The lowest BCUT2D eigenvalue weighted by molar-refractivity contribution is -0.136. The van der Waals surface area contributed by atoms with Gasteiger partial charge in [-0.25, -0.2) is 0 Å². The first-order valence-corrected chi connectivity index (χ1v) is 5.42. The molecule has 0 fully saturated rings. The summed E-state index contributed by atoms with van der Waals surface area (Å²) in [5.41, 5.74) is 0.993. The molecule has 0 saturated carbocycles. The van der Waals surface area contributed by atoms with Crippen molar-refractivity contribution < 1.29 is 14.1 Å². The maximum atomic E-state index is 10.7. The van der Waals surface area contributed by atoms with Crippen molar-refractivity contribution >= 4 is 16.8 Å². The lowest BCUT2D eigenvalue weighted by Gasteiger charge is -1.97. The van der Waals surface area contributed by atoms with Crippen LogP contribution in [-0.2, 0) is 15.6 Å². The molecule has 1 atom stereocenters. The third-order valence-corrected chi connectivity index (χ3v) is 2.19. The van der Waals surface area contributed by atoms with Gasteiger partial charge in [-0.2, -0.15) is 0 Å². The van der Waals surface area contributed by atoms with Gasteiger partial charge >= 0.3 is 5.97 Å². The topological polar surface area (TPSA) is 54.4 Å². The number of carbonyl (C=O) groups is 1. The first kappa shape index (κ1) is 11.4. The van der Waals surface area contributed by atoms with E-state index in [9.17, 15) is 9.00 Å². The van der Waals surface area contributed by atoms with E-state index in [-0.39, 0.29) is 6.42 Å². The van der Waals surface area contributed by atoms with E-state index in [1.165, 1.54) is 0 Å². The van der Waals surface area contributed by atoms with Crippen LogP contribution in [0, 0.1) is 0 Å². The van der Waals surface area contributed by atoms with Gasteiger partial charge in [-0.3, -0.25) is 9.00 Å². The van der Waals surface area contributed by atoms with Gasteiger partial charge in [0, 0.05) is 22.8 Å². The standard InChI is InChI=1S/C8H14O3S/c1-7(3-4-8(9)10)5-6-12(2)11/h3H,4-6H2,1-2H3,(H,9,10)/b7-3-. The van der Waals surface area contributed by atoms with Gasteiger partial charge in [-0.15, -0.1) is 0 Å². The Bertz CT molecular complexity index is 208. The Labute approximate surface area is 74.9 Å². The van der Waals surface area contributed by atoms with Crippen LogP contribution < -0.4 is 0 Å². The maximum absolute atomic E-state index is 10.7. The molecule has 0 aliphatic rings. The number of aliphatic carboxylic acids is 1. The smallest absolute Gasteiger partial charge is 0.307 e. The van der Waals surface area contributed by atoms with E-state index in [1.807, 2.05) is 6.92 Å². The van der Waals surface area contributed by atoms with E-state index in [0.29, 0.717) is 5.75 Å². The van der Waals surface area contributed by atoms with Crippen LogP contribution >= 0.6 is 0 Å². The lowest BCUT2D eigenvalue weighted by atomic mass is 10.2. The minimum absolute atomic E-state index is 0.0577. The molecule has 0 spiro atoms. The van der Waals surface area contributed by atoms with Crippen LogP contribution in [0.4, 0.5) is 0 Å². The second-order valence-electron chi connectivity index (χ2n) is 2.68. The van der Waals surface area contributed by atoms with Gasteiger partial charge < -0.3 is 5.11 Å². The zero-order valence-corrected chi connectivity index (χ0v) is 8.19. The Morgan fingerprint density at radius 1 is 1.58 bits per heavy atom. The lowest BCUT2D eigenvalue weighted by Crippen LogP contribution is -1.96. The Balaban J connectivity index is 3.70. The highest BCUT2D eigenvalue weighted by molar-refractivity contribution is 7.84. The molecule has 1 unspecified atom stereocenters. The molecule has 0 aromatic heterocycles. The van der Waals surface area contributed by atoms with Crippen molar-refractivity contribution in [2.45, 2.75) is 19.8 Å². The largest absolute Gasteiger partial charge is 0.481 e. The summed E-state index contributed by atoms with van der Waals surface area (Å²) in [5, 5.41) is 8.34. The summed E-state index contributed by atoms with van der Waals surface area (Å²) in [6.45, 7) is 1.86. The average Bonchev–Trinajstić information content (AvgIpc) is 1.96. The molecule has 1 N–H and O–H groups in total. The molecular formula is C8H14O3S. The van der Waals surface area contributed by atoms with E-state index in [0.717, 1.165) is 12.0 Å². The second kappa shape index (κ2) is 5.94. The Morgan fingerprint density at radius 2 is 2.17 bits per heavy atom. The van der Waals surface area contributed by atoms with Gasteiger partial charge in [-0.05, 0) is 13.3 Å². The Morgan fingerprint density at radius 3 is 2.58 bits per heavy atom. The van der Waals surface area contributed by atoms with Crippen LogP contribution in [0.3, 0.4) is 0 Å². The van der Waals surface area contributed by atoms with Crippen LogP contribution in [0.15, 0.2) is 11.6 Å². The fourth-order valence-electron chi connectivity index (χ4n) is 0.668. The molecule has 70 valence electrons. The summed E-state index contributed by atoms with van der Waals surface area (Å²) in [6.07, 6.45) is 4.08. The zero-order valence-electron chi connectivity index (χ0n) is 7.37. The van der Waals surface area contributed by atoms with Gasteiger partial charge in [-0.1, -0.05) is 11.6 Å². The predicted molar refractivity (Wildman–Crippen MR) is 49.6 cm³/mol. The Hall–Kier alpha value is -0.640. The molecule has 0 rings (SSSR count). The molecule has 0 amide bonds. The van der Waals surface area contributed by atoms with Crippen molar-refractivity contribution in [3.8, 4) is 0 Å². The fraction of sp³-hybridized carbons (Fsp3) is 0.625. The van der Waals surface area contributed by atoms with E-state index in [2.05, 4.69) is 0 Å². The molecule has 0 aromatic rings. The molecule has 12 heavy (non-hydrogen) atoms. The van der Waals surface area contributed by atoms with E-state index in [1.54, 1.807) is 12.3 Å². The summed E-state index contributed by atoms with van der Waals surface area (Å²) < 4.78 is 10.7. The van der Waals surface area contributed by atoms with E-state index >= 15 is 0 Å². The molecule has 0 aliphatic carbocycles. The summed E-state index contributed by atoms with van der Waals surface area (Å²) in [4.78, 5) is 10.1. The van der Waals surface area contributed by atoms with E-state index < -0.39 is 16.8 Å². The first-order valence-electron chi connectivity index (χ1n) is 3.70. The third kappa shape index (κ3) is 7.47. The van der Waals surface area contributed by atoms with Crippen LogP contribution in [0.25, 0.3) is 0 Å². The summed E-state index contributed by atoms with van der Waals surface area (Å²) in [5.74, 6) is -0.214. The maximum Gasteiger partial charge on any atom is 0.307 e. The van der Waals surface area contributed by atoms with Crippen LogP contribution in [0.5, 0.6) is 0 Å². The number of carboxylic acids is 1. The highest BCUT2D eigenvalue weighted by Gasteiger charge is 1.95. The summed E-state index contributed by atoms with van der Waals surface area (Å²) in [6, 6.07) is 0. The SMILES string of the molecule is C/C(=C/CC(=O)O)CCS(C)=O. The fourth-order valence-corrected chi connectivity index (χ4v) is 1.28. The third-order valence-electron chi connectivity index (χ3n) is 1.41. The van der Waals surface area contributed by atoms with Crippen LogP contribution in [-0.4, -0.2) is 27.3 Å². The van der Waals surface area contributed by atoms with Gasteiger partial charge in [0.2, 0.25) is 0 Å². The van der Waals surface area contributed by atoms with Crippen LogP contribution in [0.1, 0.15) is 19.8 Å². The molecule has 3 nitrogen and oxygen atoms in total. The highest BCUT2D eigenvalue weighted by atomic mass is 32.2. The minimum Gasteiger partial charge on any atom is -0.481 e. The van der Waals surface area contributed by atoms with Crippen LogP contribution in [0.2, 0.25) is 0 Å². The molecule has 0 bridgehead atoms. The van der Waals surface area contributed by atoms with Crippen molar-refractivity contribution in [3.05, 3.63) is 11.6 Å². The molecular weight excluding hydrogens is 176 g/mol. The number of allylic oxidation sites excluding steroid dienone is 1. The van der Waals surface area contributed by atoms with Gasteiger partial charge in [0.15, 0.2) is 0 Å². The van der Waals surface area contributed by atoms with Gasteiger partial charge in [0.25, 0.3) is 0 Å². The molecule has 0 radical (unpaired) electrons. The number of rotatable bonds is 5. The van der Waals surface area contributed by atoms with Gasteiger partial charge in [0.05, 0.1) is 6.42 Å². The summed E-state index contributed by atoms with van der Waals surface area (Å²) in [7, 11) is -0.789. The van der Waals surface area contributed by atoms with Crippen molar-refractivity contribution in [3.63, 3.8) is 0 Å². The minimum atomic E-state index is -0.827. The van der Waals surface area contributed by atoms with Gasteiger partial charge in [0.1, 0.15) is 0 Å². The quantitative estimate of drug-likeness (QED) is 0.662. The number of carboxylic acid groups (broad SMARTS) is 1. The van der Waals surface area contributed by atoms with Crippen molar-refractivity contribution in [1.29, 1.82) is 0 Å². The van der Waals surface area contributed by atoms with Crippen molar-refractivity contribution in [2.24, 2.45) is 0 Å². The number of hydrogen-bond donors (Lipinski definition) is 1. The normalized spacial score (nSPS) is 14.3. The van der Waals surface area contributed by atoms with Crippen molar-refractivity contribution in [1.82, 2.24) is 0 Å². The summed E-state index contributed by atoms with van der Waals surface area (Å²) >= 11 is 0. The van der Waals surface area contributed by atoms with E-state index in [4.69, 9.17) is 5.11 Å². The molecule has 4 heteroatoms. The predicted octanol–water partition coefficient (Wildman–Crippen LogP) is 1.18. The first-order chi connectivity index (χ1) is 5.52. The zero-order chi connectivity index (χ0) is 9.56. The monoisotopic (exact) mass is 190 g/mol. The molecule has 0 aromatic carbocycles. The highest BCUT2D eigenvalue weighted by Crippen LogP contribution is 2.02.